The van der Waals surface area contributed by atoms with Gasteiger partial charge in [-0.3, -0.25) is 0 Å². The second-order valence-electron chi connectivity index (χ2n) is 5.12. The zero-order valence-electron chi connectivity index (χ0n) is 10.4. The van der Waals surface area contributed by atoms with Crippen LogP contribution in [0.4, 0.5) is 4.79 Å². The van der Waals surface area contributed by atoms with E-state index in [0.29, 0.717) is 25.9 Å². The highest BCUT2D eigenvalue weighted by Crippen LogP contribution is 2.23. The van der Waals surface area contributed by atoms with Gasteiger partial charge in [-0.15, -0.1) is 0 Å². The molecule has 0 atom stereocenters. The van der Waals surface area contributed by atoms with Crippen LogP contribution in [0.1, 0.15) is 33.6 Å². The van der Waals surface area contributed by atoms with Crippen LogP contribution < -0.4 is 0 Å². The van der Waals surface area contributed by atoms with E-state index in [9.17, 15) is 9.90 Å². The minimum atomic E-state index is -1.08. The lowest BCUT2D eigenvalue weighted by molar-refractivity contribution is -0.208. The van der Waals surface area contributed by atoms with Crippen molar-refractivity contribution in [2.45, 2.75) is 45.0 Å². The van der Waals surface area contributed by atoms with Gasteiger partial charge in [0.2, 0.25) is 0 Å². The minimum absolute atomic E-state index is 0.328. The van der Waals surface area contributed by atoms with Gasteiger partial charge in [-0.2, -0.15) is 0 Å². The van der Waals surface area contributed by atoms with Crippen molar-refractivity contribution in [3.63, 3.8) is 0 Å². The van der Waals surface area contributed by atoms with Gasteiger partial charge in [-0.1, -0.05) is 0 Å². The van der Waals surface area contributed by atoms with Crippen molar-refractivity contribution in [2.75, 3.05) is 20.2 Å². The second-order valence-corrected chi connectivity index (χ2v) is 5.12. The van der Waals surface area contributed by atoms with E-state index in [-0.39, 0.29) is 6.09 Å². The number of methoxy groups -OCH3 is 1. The Morgan fingerprint density at radius 3 is 2.19 bits per heavy atom. The van der Waals surface area contributed by atoms with Crippen molar-refractivity contribution in [1.82, 2.24) is 4.90 Å². The summed E-state index contributed by atoms with van der Waals surface area (Å²) in [5.41, 5.74) is -0.480. The van der Waals surface area contributed by atoms with E-state index in [4.69, 9.17) is 9.47 Å². The van der Waals surface area contributed by atoms with Crippen LogP contribution in [0, 0.1) is 0 Å². The van der Waals surface area contributed by atoms with E-state index < -0.39 is 11.4 Å². The van der Waals surface area contributed by atoms with Crippen molar-refractivity contribution >= 4 is 6.09 Å². The third-order valence-electron chi connectivity index (χ3n) is 2.58. The van der Waals surface area contributed by atoms with Gasteiger partial charge in [-0.25, -0.2) is 4.79 Å². The molecule has 5 heteroatoms. The highest BCUT2D eigenvalue weighted by atomic mass is 16.6. The number of ether oxygens (including phenoxy) is 2. The number of nitrogens with zero attached hydrogens (tertiary/aromatic N) is 1. The van der Waals surface area contributed by atoms with Crippen molar-refractivity contribution < 1.29 is 19.4 Å². The Morgan fingerprint density at radius 2 is 1.81 bits per heavy atom. The van der Waals surface area contributed by atoms with Crippen LogP contribution in [0.3, 0.4) is 0 Å². The first-order chi connectivity index (χ1) is 7.26. The number of likely N-dealkylation sites (tertiary alicyclic amines) is 1. The Bertz CT molecular complexity index is 251. The molecule has 1 aliphatic heterocycles. The first kappa shape index (κ1) is 13.3. The normalized spacial score (nSPS) is 20.7. The molecule has 1 heterocycles. The molecule has 0 aliphatic carbocycles. The summed E-state index contributed by atoms with van der Waals surface area (Å²) in [6.07, 6.45) is 0.511. The third kappa shape index (κ3) is 3.64. The van der Waals surface area contributed by atoms with E-state index in [1.54, 1.807) is 4.90 Å². The molecule has 1 N–H and O–H groups in total. The summed E-state index contributed by atoms with van der Waals surface area (Å²) >= 11 is 0. The number of rotatable bonds is 1. The summed E-state index contributed by atoms with van der Waals surface area (Å²) in [7, 11) is 1.48. The van der Waals surface area contributed by atoms with Crippen LogP contribution >= 0.6 is 0 Å². The minimum Gasteiger partial charge on any atom is -0.444 e. The average molecular weight is 231 g/mol. The highest BCUT2D eigenvalue weighted by Gasteiger charge is 2.35. The Morgan fingerprint density at radius 1 is 1.31 bits per heavy atom. The maximum Gasteiger partial charge on any atom is 0.410 e. The summed E-state index contributed by atoms with van der Waals surface area (Å²) in [5, 5.41) is 9.81. The number of hydrogen-bond donors (Lipinski definition) is 1. The molecule has 1 amide bonds. The van der Waals surface area contributed by atoms with Crippen LogP contribution in [-0.4, -0.2) is 47.7 Å². The van der Waals surface area contributed by atoms with Gasteiger partial charge < -0.3 is 19.5 Å². The lowest BCUT2D eigenvalue weighted by atomic mass is 10.0. The quantitative estimate of drug-likeness (QED) is 0.692. The van der Waals surface area contributed by atoms with Crippen LogP contribution in [-0.2, 0) is 9.47 Å². The van der Waals surface area contributed by atoms with Gasteiger partial charge in [0, 0.05) is 33.0 Å². The third-order valence-corrected chi connectivity index (χ3v) is 2.58. The molecule has 0 saturated carbocycles. The molecule has 0 aromatic rings. The lowest BCUT2D eigenvalue weighted by Crippen LogP contribution is -2.48. The summed E-state index contributed by atoms with van der Waals surface area (Å²) in [6.45, 7) is 6.42. The van der Waals surface area contributed by atoms with Gasteiger partial charge in [0.25, 0.3) is 0 Å². The molecule has 1 saturated heterocycles. The first-order valence-corrected chi connectivity index (χ1v) is 5.51. The fourth-order valence-corrected chi connectivity index (χ4v) is 1.57. The number of piperidine rings is 1. The molecular formula is C11H21NO4. The van der Waals surface area contributed by atoms with Crippen LogP contribution in [0.5, 0.6) is 0 Å². The topological polar surface area (TPSA) is 59.0 Å². The van der Waals surface area contributed by atoms with E-state index >= 15 is 0 Å². The zero-order chi connectivity index (χ0) is 12.4. The molecule has 1 rings (SSSR count). The molecule has 0 aromatic heterocycles. The average Bonchev–Trinajstić information content (AvgIpc) is 2.16. The van der Waals surface area contributed by atoms with Crippen molar-refractivity contribution in [1.29, 1.82) is 0 Å². The van der Waals surface area contributed by atoms with Crippen molar-refractivity contribution in [2.24, 2.45) is 0 Å². The molecule has 5 nitrogen and oxygen atoms in total. The highest BCUT2D eigenvalue weighted by molar-refractivity contribution is 5.68. The van der Waals surface area contributed by atoms with E-state index in [1.807, 2.05) is 20.8 Å². The Hall–Kier alpha value is -0.810. The molecule has 1 fully saturated rings. The summed E-state index contributed by atoms with van der Waals surface area (Å²) in [6, 6.07) is 0. The number of carbonyl (C=O) groups is 1. The second kappa shape index (κ2) is 4.59. The van der Waals surface area contributed by atoms with Gasteiger partial charge in [0.15, 0.2) is 5.79 Å². The number of hydrogen-bond acceptors (Lipinski definition) is 4. The molecule has 0 spiro atoms. The van der Waals surface area contributed by atoms with Crippen LogP contribution in [0.25, 0.3) is 0 Å². The molecule has 1 aliphatic rings. The SMILES string of the molecule is COC1(O)CCN(C(=O)OC(C)(C)C)CC1. The molecule has 0 aromatic carbocycles. The molecular weight excluding hydrogens is 210 g/mol. The Kier molecular flexibility index (Phi) is 3.80. The lowest BCUT2D eigenvalue weighted by Gasteiger charge is -2.37. The first-order valence-electron chi connectivity index (χ1n) is 5.51. The van der Waals surface area contributed by atoms with Gasteiger partial charge in [-0.05, 0) is 20.8 Å². The van der Waals surface area contributed by atoms with Crippen molar-refractivity contribution in [3.8, 4) is 0 Å². The smallest absolute Gasteiger partial charge is 0.410 e. The number of aliphatic hydroxyl groups is 1. The largest absolute Gasteiger partial charge is 0.444 e. The zero-order valence-corrected chi connectivity index (χ0v) is 10.4. The van der Waals surface area contributed by atoms with Gasteiger partial charge in [0.1, 0.15) is 5.60 Å². The van der Waals surface area contributed by atoms with Crippen molar-refractivity contribution in [3.05, 3.63) is 0 Å². The molecule has 94 valence electrons. The summed E-state index contributed by atoms with van der Waals surface area (Å²) in [5.74, 6) is -1.08. The van der Waals surface area contributed by atoms with E-state index in [1.165, 1.54) is 7.11 Å². The Balaban J connectivity index is 2.45. The molecule has 0 radical (unpaired) electrons. The van der Waals surface area contributed by atoms with Gasteiger partial charge >= 0.3 is 6.09 Å². The molecule has 0 unspecified atom stereocenters. The summed E-state index contributed by atoms with van der Waals surface area (Å²) < 4.78 is 10.2. The van der Waals surface area contributed by atoms with Crippen LogP contribution in [0.2, 0.25) is 0 Å². The number of amides is 1. The molecule has 16 heavy (non-hydrogen) atoms. The van der Waals surface area contributed by atoms with E-state index in [2.05, 4.69) is 0 Å². The van der Waals surface area contributed by atoms with Gasteiger partial charge in [0.05, 0.1) is 0 Å². The van der Waals surface area contributed by atoms with E-state index in [0.717, 1.165) is 0 Å². The molecule has 0 bridgehead atoms. The number of carbonyl (C=O) groups excluding carboxylic acids is 1. The maximum absolute atomic E-state index is 11.7. The summed E-state index contributed by atoms with van der Waals surface area (Å²) in [4.78, 5) is 13.3. The Labute approximate surface area is 96.3 Å². The fraction of sp³-hybridized carbons (Fsp3) is 0.909. The predicted octanol–water partition coefficient (Wildman–Crippen LogP) is 1.35. The maximum atomic E-state index is 11.7. The standard InChI is InChI=1S/C11H21NO4/c1-10(2,3)16-9(13)12-7-5-11(14,15-4)6-8-12/h14H,5-8H2,1-4H3. The fourth-order valence-electron chi connectivity index (χ4n) is 1.57. The monoisotopic (exact) mass is 231 g/mol. The predicted molar refractivity (Wildman–Crippen MR) is 59.0 cm³/mol. The van der Waals surface area contributed by atoms with Crippen LogP contribution in [0.15, 0.2) is 0 Å².